The number of esters is 1. The summed E-state index contributed by atoms with van der Waals surface area (Å²) in [6, 6.07) is 5.49. The average Bonchev–Trinajstić information content (AvgIpc) is 3.07. The highest BCUT2D eigenvalue weighted by Crippen LogP contribution is 2.16. The van der Waals surface area contributed by atoms with Crippen LogP contribution in [0.4, 0.5) is 5.69 Å². The molecule has 1 amide bonds. The molecule has 2 rings (SSSR count). The van der Waals surface area contributed by atoms with Crippen LogP contribution in [0, 0.1) is 0 Å². The van der Waals surface area contributed by atoms with Crippen LogP contribution in [0.5, 0.6) is 0 Å². The summed E-state index contributed by atoms with van der Waals surface area (Å²) in [5.74, 6) is -1.91. The van der Waals surface area contributed by atoms with Gasteiger partial charge in [0.1, 0.15) is 0 Å². The van der Waals surface area contributed by atoms with Gasteiger partial charge in [-0.25, -0.2) is 17.9 Å². The van der Waals surface area contributed by atoms with Gasteiger partial charge < -0.3 is 14.8 Å². The van der Waals surface area contributed by atoms with Crippen LogP contribution < -0.4 is 10.0 Å². The molecular formula is C15H20N2O6S. The summed E-state index contributed by atoms with van der Waals surface area (Å²) < 4.78 is 36.8. The Kier molecular flexibility index (Phi) is 6.29. The second-order valence-electron chi connectivity index (χ2n) is 5.19. The largest absolute Gasteiger partial charge is 0.459 e. The highest BCUT2D eigenvalue weighted by Gasteiger charge is 2.20. The van der Waals surface area contributed by atoms with Gasteiger partial charge in [-0.05, 0) is 44.0 Å². The number of hydrogen-bond donors (Lipinski definition) is 2. The molecule has 1 aliphatic heterocycles. The molecule has 0 aliphatic carbocycles. The van der Waals surface area contributed by atoms with Gasteiger partial charge in [-0.3, -0.25) is 4.79 Å². The minimum Gasteiger partial charge on any atom is -0.459 e. The lowest BCUT2D eigenvalue weighted by Crippen LogP contribution is -2.31. The first-order chi connectivity index (χ1) is 11.4. The summed E-state index contributed by atoms with van der Waals surface area (Å²) in [5.41, 5.74) is 0.297. The molecule has 1 aliphatic rings. The van der Waals surface area contributed by atoms with Gasteiger partial charge in [0.05, 0.1) is 17.6 Å². The van der Waals surface area contributed by atoms with Gasteiger partial charge in [-0.2, -0.15) is 0 Å². The summed E-state index contributed by atoms with van der Waals surface area (Å²) in [4.78, 5) is 22.8. The van der Waals surface area contributed by atoms with Gasteiger partial charge in [0.2, 0.25) is 10.0 Å². The van der Waals surface area contributed by atoms with E-state index >= 15 is 0 Å². The highest BCUT2D eigenvalue weighted by atomic mass is 32.2. The van der Waals surface area contributed by atoms with Crippen molar-refractivity contribution >= 4 is 27.6 Å². The topological polar surface area (TPSA) is 111 Å². The highest BCUT2D eigenvalue weighted by molar-refractivity contribution is 7.89. The molecule has 2 N–H and O–H groups in total. The van der Waals surface area contributed by atoms with E-state index in [4.69, 9.17) is 4.74 Å². The van der Waals surface area contributed by atoms with Crippen molar-refractivity contribution in [3.8, 4) is 0 Å². The number of amides is 1. The Bertz CT molecular complexity index is 680. The SMILES string of the molecule is CCOC(=O)C(=O)Nc1ccc(S(=O)(=O)NCC2CCCO2)cc1. The Morgan fingerprint density at radius 1 is 1.29 bits per heavy atom. The lowest BCUT2D eigenvalue weighted by molar-refractivity contribution is -0.152. The lowest BCUT2D eigenvalue weighted by atomic mass is 10.2. The van der Waals surface area contributed by atoms with E-state index in [-0.39, 0.29) is 24.2 Å². The molecule has 1 atom stereocenters. The summed E-state index contributed by atoms with van der Waals surface area (Å²) >= 11 is 0. The van der Waals surface area contributed by atoms with Gasteiger partial charge in [-0.1, -0.05) is 0 Å². The first kappa shape index (κ1) is 18.4. The molecule has 132 valence electrons. The molecule has 8 nitrogen and oxygen atoms in total. The van der Waals surface area contributed by atoms with Crippen molar-refractivity contribution in [1.29, 1.82) is 0 Å². The Morgan fingerprint density at radius 2 is 2.00 bits per heavy atom. The van der Waals surface area contributed by atoms with Crippen molar-refractivity contribution < 1.29 is 27.5 Å². The number of anilines is 1. The van der Waals surface area contributed by atoms with Crippen LogP contribution in [-0.2, 0) is 29.1 Å². The fourth-order valence-electron chi connectivity index (χ4n) is 2.19. The predicted octanol–water partition coefficient (Wildman–Crippen LogP) is 0.645. The molecule has 0 aromatic heterocycles. The molecule has 1 heterocycles. The molecule has 1 aromatic carbocycles. The van der Waals surface area contributed by atoms with E-state index in [1.807, 2.05) is 0 Å². The van der Waals surface area contributed by atoms with E-state index in [9.17, 15) is 18.0 Å². The summed E-state index contributed by atoms with van der Waals surface area (Å²) in [5, 5.41) is 2.33. The molecule has 9 heteroatoms. The van der Waals surface area contributed by atoms with Crippen molar-refractivity contribution in [2.45, 2.75) is 30.8 Å². The van der Waals surface area contributed by atoms with Crippen LogP contribution in [0.3, 0.4) is 0 Å². The summed E-state index contributed by atoms with van der Waals surface area (Å²) in [7, 11) is -3.65. The third-order valence-electron chi connectivity index (χ3n) is 3.41. The number of hydrogen-bond acceptors (Lipinski definition) is 6. The van der Waals surface area contributed by atoms with Crippen molar-refractivity contribution in [2.24, 2.45) is 0 Å². The Balaban J connectivity index is 1.94. The van der Waals surface area contributed by atoms with Crippen LogP contribution in [-0.4, -0.2) is 46.2 Å². The quantitative estimate of drug-likeness (QED) is 0.572. The minimum absolute atomic E-state index is 0.0645. The lowest BCUT2D eigenvalue weighted by Gasteiger charge is -2.12. The van der Waals surface area contributed by atoms with E-state index < -0.39 is 21.9 Å². The first-order valence-electron chi connectivity index (χ1n) is 7.62. The maximum absolute atomic E-state index is 12.2. The van der Waals surface area contributed by atoms with Crippen LogP contribution >= 0.6 is 0 Å². The standard InChI is InChI=1S/C15H20N2O6S/c1-2-22-15(19)14(18)17-11-5-7-13(8-6-11)24(20,21)16-10-12-4-3-9-23-12/h5-8,12,16H,2-4,9-10H2,1H3,(H,17,18). The van der Waals surface area contributed by atoms with E-state index in [2.05, 4.69) is 14.8 Å². The maximum atomic E-state index is 12.2. The van der Waals surface area contributed by atoms with Gasteiger partial charge in [0, 0.05) is 18.8 Å². The normalized spacial score (nSPS) is 17.5. The minimum atomic E-state index is -3.65. The van der Waals surface area contributed by atoms with Gasteiger partial charge in [0.25, 0.3) is 0 Å². The van der Waals surface area contributed by atoms with Crippen LogP contribution in [0.25, 0.3) is 0 Å². The average molecular weight is 356 g/mol. The molecule has 0 radical (unpaired) electrons. The first-order valence-corrected chi connectivity index (χ1v) is 9.10. The molecule has 0 spiro atoms. The van der Waals surface area contributed by atoms with Gasteiger partial charge in [0.15, 0.2) is 0 Å². The number of nitrogens with one attached hydrogen (secondary N) is 2. The van der Waals surface area contributed by atoms with Gasteiger partial charge >= 0.3 is 11.9 Å². The van der Waals surface area contributed by atoms with Crippen molar-refractivity contribution in [2.75, 3.05) is 25.1 Å². The number of sulfonamides is 1. The third-order valence-corrected chi connectivity index (χ3v) is 4.85. The summed E-state index contributed by atoms with van der Waals surface area (Å²) in [6.07, 6.45) is 1.67. The van der Waals surface area contributed by atoms with Gasteiger partial charge in [-0.15, -0.1) is 0 Å². The van der Waals surface area contributed by atoms with Crippen molar-refractivity contribution in [3.05, 3.63) is 24.3 Å². The third kappa shape index (κ3) is 5.02. The molecule has 1 fully saturated rings. The molecule has 24 heavy (non-hydrogen) atoms. The fourth-order valence-corrected chi connectivity index (χ4v) is 3.25. The van der Waals surface area contributed by atoms with Crippen LogP contribution in [0.15, 0.2) is 29.2 Å². The zero-order chi connectivity index (χ0) is 17.6. The van der Waals surface area contributed by atoms with E-state index in [1.54, 1.807) is 6.92 Å². The Morgan fingerprint density at radius 3 is 2.58 bits per heavy atom. The van der Waals surface area contributed by atoms with Crippen LogP contribution in [0.1, 0.15) is 19.8 Å². The monoisotopic (exact) mass is 356 g/mol. The summed E-state index contributed by atoms with van der Waals surface area (Å²) in [6.45, 7) is 2.57. The number of carbonyl (C=O) groups is 2. The number of rotatable bonds is 6. The van der Waals surface area contributed by atoms with Crippen molar-refractivity contribution in [1.82, 2.24) is 4.72 Å². The van der Waals surface area contributed by atoms with Crippen molar-refractivity contribution in [3.63, 3.8) is 0 Å². The number of carbonyl (C=O) groups excluding carboxylic acids is 2. The maximum Gasteiger partial charge on any atom is 0.397 e. The Labute approximate surface area is 140 Å². The molecule has 1 unspecified atom stereocenters. The number of benzene rings is 1. The van der Waals surface area contributed by atoms with Crippen LogP contribution in [0.2, 0.25) is 0 Å². The zero-order valence-corrected chi connectivity index (χ0v) is 14.1. The second-order valence-corrected chi connectivity index (χ2v) is 6.95. The molecular weight excluding hydrogens is 336 g/mol. The fraction of sp³-hybridized carbons (Fsp3) is 0.467. The smallest absolute Gasteiger partial charge is 0.397 e. The zero-order valence-electron chi connectivity index (χ0n) is 13.3. The molecule has 1 saturated heterocycles. The van der Waals surface area contributed by atoms with E-state index in [1.165, 1.54) is 24.3 Å². The second kappa shape index (κ2) is 8.22. The predicted molar refractivity (Wildman–Crippen MR) is 85.9 cm³/mol. The molecule has 0 bridgehead atoms. The van der Waals surface area contributed by atoms with E-state index in [0.717, 1.165) is 12.8 Å². The molecule has 1 aromatic rings. The number of ether oxygens (including phenoxy) is 2. The molecule has 0 saturated carbocycles. The Hall–Kier alpha value is -1.97. The van der Waals surface area contributed by atoms with E-state index in [0.29, 0.717) is 12.3 Å².